The maximum absolute atomic E-state index is 12.6. The van der Waals surface area contributed by atoms with Crippen molar-refractivity contribution in [1.29, 1.82) is 0 Å². The molecule has 0 spiro atoms. The van der Waals surface area contributed by atoms with Gasteiger partial charge in [0.1, 0.15) is 23.0 Å². The number of fused-ring (bicyclic) bond motifs is 2. The lowest BCUT2D eigenvalue weighted by atomic mass is 9.61. The van der Waals surface area contributed by atoms with E-state index in [9.17, 15) is 10.2 Å². The van der Waals surface area contributed by atoms with Crippen LogP contribution in [0.15, 0.2) is 54.6 Å². The van der Waals surface area contributed by atoms with Crippen molar-refractivity contribution in [1.82, 2.24) is 0 Å². The Labute approximate surface area is 176 Å². The highest BCUT2D eigenvalue weighted by atomic mass is 16.5. The van der Waals surface area contributed by atoms with Gasteiger partial charge in [0.2, 0.25) is 0 Å². The van der Waals surface area contributed by atoms with Gasteiger partial charge >= 0.3 is 0 Å². The highest BCUT2D eigenvalue weighted by molar-refractivity contribution is 5.71. The van der Waals surface area contributed by atoms with Crippen LogP contribution in [0.4, 0.5) is 0 Å². The molecule has 0 saturated heterocycles. The first kappa shape index (κ1) is 20.1. The van der Waals surface area contributed by atoms with Crippen molar-refractivity contribution in [3.05, 3.63) is 82.4 Å². The molecule has 156 valence electrons. The molecule has 30 heavy (non-hydrogen) atoms. The van der Waals surface area contributed by atoms with Crippen molar-refractivity contribution in [3.8, 4) is 23.0 Å². The first-order chi connectivity index (χ1) is 14.3. The van der Waals surface area contributed by atoms with Gasteiger partial charge in [-0.3, -0.25) is 0 Å². The summed E-state index contributed by atoms with van der Waals surface area (Å²) in [6.07, 6.45) is 0. The minimum absolute atomic E-state index is 0.00686. The smallest absolute Gasteiger partial charge is 0.155 e. The van der Waals surface area contributed by atoms with Crippen molar-refractivity contribution in [2.45, 2.75) is 24.9 Å². The third kappa shape index (κ3) is 2.52. The molecule has 0 aromatic heterocycles. The Hall–Kier alpha value is -3.18. The number of methoxy groups -OCH3 is 3. The largest absolute Gasteiger partial charge is 0.508 e. The molecule has 3 aromatic carbocycles. The summed E-state index contributed by atoms with van der Waals surface area (Å²) >= 11 is 0. The summed E-state index contributed by atoms with van der Waals surface area (Å²) in [6, 6.07) is 16.4. The van der Waals surface area contributed by atoms with E-state index in [2.05, 4.69) is 13.8 Å². The number of phenols is 1. The Balaban J connectivity index is 2.26. The van der Waals surface area contributed by atoms with E-state index in [1.807, 2.05) is 24.3 Å². The first-order valence-electron chi connectivity index (χ1n) is 9.77. The standard InChI is InChI=1S/C25H26O5/c1-24(2)15-9-6-11-17(26)21(15)25(27,22-16(24)10-7-12-18(22)28-3)23-19(29-4)13-8-14-20(23)30-5/h6-14,26-27H,1-5H3. The molecule has 0 saturated carbocycles. The fourth-order valence-electron chi connectivity index (χ4n) is 4.76. The van der Waals surface area contributed by atoms with Crippen LogP contribution in [0.1, 0.15) is 41.7 Å². The van der Waals surface area contributed by atoms with E-state index in [1.54, 1.807) is 51.7 Å². The Kier molecular flexibility index (Phi) is 4.66. The number of benzene rings is 3. The Morgan fingerprint density at radius 2 is 1.07 bits per heavy atom. The lowest BCUT2D eigenvalue weighted by Gasteiger charge is -2.45. The lowest BCUT2D eigenvalue weighted by molar-refractivity contribution is 0.103. The molecule has 1 aliphatic carbocycles. The topological polar surface area (TPSA) is 68.2 Å². The summed E-state index contributed by atoms with van der Waals surface area (Å²) in [7, 11) is 4.66. The van der Waals surface area contributed by atoms with Gasteiger partial charge in [0.25, 0.3) is 0 Å². The van der Waals surface area contributed by atoms with Crippen LogP contribution in [0, 0.1) is 0 Å². The summed E-state index contributed by atoms with van der Waals surface area (Å²) in [4.78, 5) is 0. The van der Waals surface area contributed by atoms with Crippen LogP contribution < -0.4 is 14.2 Å². The lowest BCUT2D eigenvalue weighted by Crippen LogP contribution is -2.41. The molecular formula is C25H26O5. The monoisotopic (exact) mass is 406 g/mol. The second-order valence-corrected chi connectivity index (χ2v) is 7.96. The fourth-order valence-corrected chi connectivity index (χ4v) is 4.76. The zero-order chi connectivity index (χ0) is 21.7. The summed E-state index contributed by atoms with van der Waals surface area (Å²) in [5.41, 5.74) is 0.840. The minimum Gasteiger partial charge on any atom is -0.508 e. The van der Waals surface area contributed by atoms with E-state index >= 15 is 0 Å². The number of aromatic hydroxyl groups is 1. The van der Waals surface area contributed by atoms with Crippen LogP contribution in [-0.2, 0) is 11.0 Å². The van der Waals surface area contributed by atoms with E-state index in [-0.39, 0.29) is 5.75 Å². The van der Waals surface area contributed by atoms with Crippen molar-refractivity contribution >= 4 is 0 Å². The SMILES string of the molecule is COc1cccc(OC)c1C1(O)c2c(O)cccc2C(C)(C)c2cccc(OC)c21. The van der Waals surface area contributed by atoms with Gasteiger partial charge in [-0.1, -0.05) is 44.2 Å². The van der Waals surface area contributed by atoms with Crippen LogP contribution in [0.2, 0.25) is 0 Å². The molecule has 5 nitrogen and oxygen atoms in total. The summed E-state index contributed by atoms with van der Waals surface area (Å²) in [5, 5.41) is 23.6. The quantitative estimate of drug-likeness (QED) is 0.675. The van der Waals surface area contributed by atoms with Gasteiger partial charge in [0, 0.05) is 16.5 Å². The number of aliphatic hydroxyl groups is 1. The number of phenolic OH excluding ortho intramolecular Hbond substituents is 1. The number of ether oxygens (including phenoxy) is 3. The van der Waals surface area contributed by atoms with Gasteiger partial charge in [0.15, 0.2) is 5.60 Å². The molecular weight excluding hydrogens is 380 g/mol. The second-order valence-electron chi connectivity index (χ2n) is 7.96. The second kappa shape index (κ2) is 6.96. The van der Waals surface area contributed by atoms with Crippen molar-refractivity contribution < 1.29 is 24.4 Å². The van der Waals surface area contributed by atoms with E-state index in [0.717, 1.165) is 11.1 Å². The Morgan fingerprint density at radius 1 is 0.633 bits per heavy atom. The highest BCUT2D eigenvalue weighted by Gasteiger charge is 2.52. The fraction of sp³-hybridized carbons (Fsp3) is 0.280. The molecule has 1 atom stereocenters. The van der Waals surface area contributed by atoms with Gasteiger partial charge in [0.05, 0.1) is 26.9 Å². The molecule has 0 aliphatic heterocycles. The van der Waals surface area contributed by atoms with Crippen molar-refractivity contribution in [2.24, 2.45) is 0 Å². The van der Waals surface area contributed by atoms with E-state index in [4.69, 9.17) is 14.2 Å². The minimum atomic E-state index is -1.77. The number of rotatable bonds is 4. The van der Waals surface area contributed by atoms with E-state index in [1.165, 1.54) is 0 Å². The van der Waals surface area contributed by atoms with Gasteiger partial charge in [-0.05, 0) is 35.4 Å². The molecule has 1 aliphatic rings. The van der Waals surface area contributed by atoms with Crippen LogP contribution in [0.3, 0.4) is 0 Å². The van der Waals surface area contributed by atoms with Crippen LogP contribution in [-0.4, -0.2) is 31.5 Å². The van der Waals surface area contributed by atoms with Crippen molar-refractivity contribution in [2.75, 3.05) is 21.3 Å². The molecule has 2 N–H and O–H groups in total. The summed E-state index contributed by atoms with van der Waals surface area (Å²) in [6.45, 7) is 4.14. The van der Waals surface area contributed by atoms with Crippen LogP contribution in [0.5, 0.6) is 23.0 Å². The van der Waals surface area contributed by atoms with Gasteiger partial charge in [-0.25, -0.2) is 0 Å². The normalized spacial score (nSPS) is 18.9. The number of hydrogen-bond acceptors (Lipinski definition) is 5. The Morgan fingerprint density at radius 3 is 1.60 bits per heavy atom. The van der Waals surface area contributed by atoms with Gasteiger partial charge < -0.3 is 24.4 Å². The van der Waals surface area contributed by atoms with Crippen molar-refractivity contribution in [3.63, 3.8) is 0 Å². The first-order valence-corrected chi connectivity index (χ1v) is 9.77. The molecule has 5 heteroatoms. The van der Waals surface area contributed by atoms with E-state index < -0.39 is 11.0 Å². The summed E-state index contributed by atoms with van der Waals surface area (Å²) < 4.78 is 17.0. The predicted molar refractivity (Wildman–Crippen MR) is 115 cm³/mol. The van der Waals surface area contributed by atoms with Gasteiger partial charge in [-0.15, -0.1) is 0 Å². The van der Waals surface area contributed by atoms with Gasteiger partial charge in [-0.2, -0.15) is 0 Å². The molecule has 3 aromatic rings. The molecule has 4 rings (SSSR count). The molecule has 0 radical (unpaired) electrons. The molecule has 0 heterocycles. The third-order valence-corrected chi connectivity index (χ3v) is 6.15. The third-order valence-electron chi connectivity index (χ3n) is 6.15. The molecule has 0 fully saturated rings. The zero-order valence-electron chi connectivity index (χ0n) is 17.8. The average Bonchev–Trinajstić information content (AvgIpc) is 2.76. The highest BCUT2D eigenvalue weighted by Crippen LogP contribution is 2.59. The van der Waals surface area contributed by atoms with Crippen LogP contribution in [0.25, 0.3) is 0 Å². The van der Waals surface area contributed by atoms with Crippen LogP contribution >= 0.6 is 0 Å². The Bertz CT molecular complexity index is 1090. The van der Waals surface area contributed by atoms with E-state index in [0.29, 0.717) is 33.9 Å². The number of hydrogen-bond donors (Lipinski definition) is 2. The molecule has 0 amide bonds. The molecule has 1 unspecified atom stereocenters. The predicted octanol–water partition coefficient (Wildman–Crippen LogP) is 4.34. The molecule has 0 bridgehead atoms. The zero-order valence-corrected chi connectivity index (χ0v) is 17.8. The average molecular weight is 406 g/mol. The maximum Gasteiger partial charge on any atom is 0.155 e. The summed E-state index contributed by atoms with van der Waals surface area (Å²) in [5.74, 6) is 1.41. The maximum atomic E-state index is 12.6.